The van der Waals surface area contributed by atoms with Crippen molar-refractivity contribution in [3.8, 4) is 0 Å². The molecular weight excluding hydrogens is 450 g/mol. The maximum Gasteiger partial charge on any atom is 0.266 e. The molecule has 0 atom stereocenters. The molecule has 0 aliphatic carbocycles. The van der Waals surface area contributed by atoms with Gasteiger partial charge in [0.1, 0.15) is 0 Å². The average Bonchev–Trinajstić information content (AvgIpc) is 3.11. The summed E-state index contributed by atoms with van der Waals surface area (Å²) >= 11 is 0. The smallest absolute Gasteiger partial charge is 0.266 e. The number of imide groups is 1. The van der Waals surface area contributed by atoms with Crippen molar-refractivity contribution in [2.75, 3.05) is 23.3 Å². The van der Waals surface area contributed by atoms with E-state index in [0.29, 0.717) is 22.5 Å². The molecule has 36 heavy (non-hydrogen) atoms. The molecule has 2 heterocycles. The first-order valence-corrected chi connectivity index (χ1v) is 12.5. The maximum atomic E-state index is 13.2. The van der Waals surface area contributed by atoms with E-state index in [-0.39, 0.29) is 17.4 Å². The number of carbonyl (C=O) groups is 3. The van der Waals surface area contributed by atoms with Gasteiger partial charge < -0.3 is 5.32 Å². The molecule has 0 spiro atoms. The van der Waals surface area contributed by atoms with Crippen LogP contribution in [0.4, 0.5) is 11.4 Å². The summed E-state index contributed by atoms with van der Waals surface area (Å²) in [6.45, 7) is 9.32. The highest BCUT2D eigenvalue weighted by Gasteiger charge is 2.37. The number of likely N-dealkylation sites (tertiary alicyclic amines) is 1. The van der Waals surface area contributed by atoms with Gasteiger partial charge in [-0.3, -0.25) is 19.3 Å². The summed E-state index contributed by atoms with van der Waals surface area (Å²) in [5, 5.41) is 2.91. The van der Waals surface area contributed by atoms with Crippen LogP contribution in [-0.4, -0.2) is 35.7 Å². The number of nitrogens with one attached hydrogen (secondary N) is 1. The van der Waals surface area contributed by atoms with Crippen LogP contribution in [-0.2, 0) is 6.54 Å². The van der Waals surface area contributed by atoms with Gasteiger partial charge >= 0.3 is 0 Å². The zero-order chi connectivity index (χ0) is 25.4. The minimum atomic E-state index is -0.409. The van der Waals surface area contributed by atoms with Crippen LogP contribution in [0.15, 0.2) is 60.7 Å². The molecule has 0 saturated carbocycles. The Morgan fingerprint density at radius 2 is 1.58 bits per heavy atom. The minimum Gasteiger partial charge on any atom is -0.322 e. The Bertz CT molecular complexity index is 1340. The van der Waals surface area contributed by atoms with Crippen molar-refractivity contribution in [1.82, 2.24) is 4.90 Å². The maximum absolute atomic E-state index is 13.2. The second kappa shape index (κ2) is 9.70. The van der Waals surface area contributed by atoms with Gasteiger partial charge in [-0.05, 0) is 93.2 Å². The summed E-state index contributed by atoms with van der Waals surface area (Å²) < 4.78 is 0. The van der Waals surface area contributed by atoms with Crippen molar-refractivity contribution in [2.45, 2.75) is 40.2 Å². The summed E-state index contributed by atoms with van der Waals surface area (Å²) in [7, 11) is 0. The molecule has 0 bridgehead atoms. The van der Waals surface area contributed by atoms with Gasteiger partial charge in [-0.2, -0.15) is 0 Å². The van der Waals surface area contributed by atoms with Crippen LogP contribution in [0.2, 0.25) is 0 Å². The van der Waals surface area contributed by atoms with Crippen molar-refractivity contribution in [3.63, 3.8) is 0 Å². The Labute approximate surface area is 211 Å². The van der Waals surface area contributed by atoms with E-state index >= 15 is 0 Å². The molecule has 2 aliphatic rings. The molecule has 1 N–H and O–H groups in total. The first-order valence-electron chi connectivity index (χ1n) is 12.5. The van der Waals surface area contributed by atoms with Crippen molar-refractivity contribution < 1.29 is 14.4 Å². The number of rotatable bonds is 5. The normalized spacial score (nSPS) is 16.4. The van der Waals surface area contributed by atoms with Gasteiger partial charge in [-0.1, -0.05) is 36.8 Å². The standard InChI is InChI=1S/C30H31N3O3/c1-19-12-14-32(15-13-19)18-22-5-8-24(9-6-22)31-28(34)23-7-10-25-26(17-23)30(36)33(29(25)35)27-11-4-20(2)16-21(27)3/h4-11,16-17,19H,12-15,18H2,1-3H3,(H,31,34). The Kier molecular flexibility index (Phi) is 6.46. The van der Waals surface area contributed by atoms with Crippen LogP contribution in [0, 0.1) is 19.8 Å². The van der Waals surface area contributed by atoms with Gasteiger partial charge in [0.05, 0.1) is 16.8 Å². The predicted octanol–water partition coefficient (Wildman–Crippen LogP) is 5.59. The Balaban J connectivity index is 1.28. The van der Waals surface area contributed by atoms with Crippen LogP contribution < -0.4 is 10.2 Å². The number of amides is 3. The lowest BCUT2D eigenvalue weighted by Gasteiger charge is -2.30. The molecule has 0 aromatic heterocycles. The van der Waals surface area contributed by atoms with Crippen molar-refractivity contribution in [2.24, 2.45) is 5.92 Å². The molecule has 1 fully saturated rings. The fourth-order valence-corrected chi connectivity index (χ4v) is 5.03. The third kappa shape index (κ3) is 4.69. The van der Waals surface area contributed by atoms with E-state index in [1.165, 1.54) is 29.4 Å². The fourth-order valence-electron chi connectivity index (χ4n) is 5.03. The molecule has 184 valence electrons. The first kappa shape index (κ1) is 23.9. The lowest BCUT2D eigenvalue weighted by Crippen LogP contribution is -2.32. The number of piperidine rings is 1. The Hall–Kier alpha value is -3.77. The topological polar surface area (TPSA) is 69.7 Å². The Morgan fingerprint density at radius 1 is 0.889 bits per heavy atom. The van der Waals surface area contributed by atoms with Crippen LogP contribution in [0.25, 0.3) is 0 Å². The highest BCUT2D eigenvalue weighted by atomic mass is 16.2. The SMILES string of the molecule is Cc1ccc(N2C(=O)c3ccc(C(=O)Nc4ccc(CN5CCC(C)CC5)cc4)cc3C2=O)c(C)c1. The summed E-state index contributed by atoms with van der Waals surface area (Å²) in [5.41, 5.74) is 5.28. The predicted molar refractivity (Wildman–Crippen MR) is 142 cm³/mol. The van der Waals surface area contributed by atoms with E-state index in [1.807, 2.05) is 50.2 Å². The number of fused-ring (bicyclic) bond motifs is 1. The third-order valence-electron chi connectivity index (χ3n) is 7.24. The summed E-state index contributed by atoms with van der Waals surface area (Å²) in [5.74, 6) is -0.289. The molecule has 6 nitrogen and oxygen atoms in total. The molecule has 0 radical (unpaired) electrons. The second-order valence-electron chi connectivity index (χ2n) is 10.1. The molecule has 3 aromatic rings. The van der Waals surface area contributed by atoms with Gasteiger partial charge in [0.2, 0.25) is 0 Å². The molecular formula is C30H31N3O3. The third-order valence-corrected chi connectivity index (χ3v) is 7.24. The molecule has 5 rings (SSSR count). The molecule has 3 amide bonds. The Morgan fingerprint density at radius 3 is 2.28 bits per heavy atom. The summed E-state index contributed by atoms with van der Waals surface area (Å²) in [6, 6.07) is 18.2. The van der Waals surface area contributed by atoms with Gasteiger partial charge in [-0.15, -0.1) is 0 Å². The van der Waals surface area contributed by atoms with E-state index in [2.05, 4.69) is 17.1 Å². The number of anilines is 2. The van der Waals surface area contributed by atoms with Crippen molar-refractivity contribution in [3.05, 3.63) is 94.0 Å². The molecule has 0 unspecified atom stereocenters. The molecule has 1 saturated heterocycles. The highest BCUT2D eigenvalue weighted by molar-refractivity contribution is 6.35. The van der Waals surface area contributed by atoms with Crippen LogP contribution in [0.5, 0.6) is 0 Å². The van der Waals surface area contributed by atoms with Crippen LogP contribution in [0.1, 0.15) is 67.5 Å². The minimum absolute atomic E-state index is 0.249. The quantitative estimate of drug-likeness (QED) is 0.483. The number of hydrogen-bond donors (Lipinski definition) is 1. The second-order valence-corrected chi connectivity index (χ2v) is 10.1. The van der Waals surface area contributed by atoms with E-state index in [0.717, 1.165) is 36.7 Å². The van der Waals surface area contributed by atoms with Crippen molar-refractivity contribution in [1.29, 1.82) is 0 Å². The van der Waals surface area contributed by atoms with Gasteiger partial charge in [-0.25, -0.2) is 4.90 Å². The van der Waals surface area contributed by atoms with Crippen LogP contribution in [0.3, 0.4) is 0 Å². The lowest BCUT2D eigenvalue weighted by atomic mass is 9.99. The molecule has 6 heteroatoms. The summed E-state index contributed by atoms with van der Waals surface area (Å²) in [4.78, 5) is 42.8. The summed E-state index contributed by atoms with van der Waals surface area (Å²) in [6.07, 6.45) is 2.48. The van der Waals surface area contributed by atoms with E-state index in [1.54, 1.807) is 18.2 Å². The fraction of sp³-hybridized carbons (Fsp3) is 0.300. The largest absolute Gasteiger partial charge is 0.322 e. The molecule has 2 aliphatic heterocycles. The van der Waals surface area contributed by atoms with E-state index in [9.17, 15) is 14.4 Å². The number of benzene rings is 3. The number of aryl methyl sites for hydroxylation is 2. The first-order chi connectivity index (χ1) is 17.3. The zero-order valence-electron chi connectivity index (χ0n) is 21.0. The number of nitrogens with zero attached hydrogens (tertiary/aromatic N) is 2. The average molecular weight is 482 g/mol. The van der Waals surface area contributed by atoms with Crippen LogP contribution >= 0.6 is 0 Å². The highest BCUT2D eigenvalue weighted by Crippen LogP contribution is 2.31. The van der Waals surface area contributed by atoms with Crippen molar-refractivity contribution >= 4 is 29.1 Å². The van der Waals surface area contributed by atoms with Gasteiger partial charge in [0, 0.05) is 17.8 Å². The van der Waals surface area contributed by atoms with E-state index in [4.69, 9.17) is 0 Å². The lowest BCUT2D eigenvalue weighted by molar-refractivity contribution is 0.0925. The molecule has 3 aromatic carbocycles. The van der Waals surface area contributed by atoms with Gasteiger partial charge in [0.25, 0.3) is 17.7 Å². The number of hydrogen-bond acceptors (Lipinski definition) is 4. The zero-order valence-corrected chi connectivity index (χ0v) is 21.0. The monoisotopic (exact) mass is 481 g/mol. The number of carbonyl (C=O) groups excluding carboxylic acids is 3. The van der Waals surface area contributed by atoms with Gasteiger partial charge in [0.15, 0.2) is 0 Å². The van der Waals surface area contributed by atoms with E-state index < -0.39 is 5.91 Å².